The number of aromatic nitrogens is 1. The minimum absolute atomic E-state index is 0.0503. The second kappa shape index (κ2) is 10.5. The fourth-order valence-corrected chi connectivity index (χ4v) is 4.02. The Morgan fingerprint density at radius 2 is 1.50 bits per heavy atom. The van der Waals surface area contributed by atoms with Gasteiger partial charge in [-0.15, -0.1) is 11.3 Å². The Morgan fingerprint density at radius 3 is 2.19 bits per heavy atom. The first kappa shape index (κ1) is 21.5. The number of amides is 1. The van der Waals surface area contributed by atoms with Gasteiger partial charge in [0.2, 0.25) is 0 Å². The van der Waals surface area contributed by atoms with Crippen molar-refractivity contribution >= 4 is 23.2 Å². The molecule has 4 aromatic rings. The van der Waals surface area contributed by atoms with Gasteiger partial charge < -0.3 is 10.1 Å². The van der Waals surface area contributed by atoms with Crippen molar-refractivity contribution < 1.29 is 14.3 Å². The zero-order valence-electron chi connectivity index (χ0n) is 17.3. The van der Waals surface area contributed by atoms with Crippen LogP contribution in [0.25, 0.3) is 10.6 Å². The van der Waals surface area contributed by atoms with E-state index < -0.39 is 12.0 Å². The zero-order chi connectivity index (χ0) is 22.2. The summed E-state index contributed by atoms with van der Waals surface area (Å²) in [7, 11) is 0. The number of rotatable bonds is 8. The minimum Gasteiger partial charge on any atom is -0.458 e. The van der Waals surface area contributed by atoms with Crippen LogP contribution < -0.4 is 5.32 Å². The van der Waals surface area contributed by atoms with E-state index in [0.717, 1.165) is 16.1 Å². The molecule has 1 aromatic heterocycles. The fraction of sp³-hybridized carbons (Fsp3) is 0.115. The predicted molar refractivity (Wildman–Crippen MR) is 125 cm³/mol. The van der Waals surface area contributed by atoms with E-state index in [1.54, 1.807) is 24.3 Å². The number of nitrogens with one attached hydrogen (secondary N) is 1. The average Bonchev–Trinajstić information content (AvgIpc) is 3.33. The van der Waals surface area contributed by atoms with Crippen LogP contribution in [-0.2, 0) is 22.6 Å². The quantitative estimate of drug-likeness (QED) is 0.394. The summed E-state index contributed by atoms with van der Waals surface area (Å²) < 4.78 is 5.54. The van der Waals surface area contributed by atoms with Crippen LogP contribution in [0.15, 0.2) is 96.4 Å². The molecule has 0 fully saturated rings. The van der Waals surface area contributed by atoms with Crippen LogP contribution in [-0.4, -0.2) is 22.9 Å². The van der Waals surface area contributed by atoms with Crippen molar-refractivity contribution in [3.8, 4) is 10.6 Å². The highest BCUT2D eigenvalue weighted by Crippen LogP contribution is 2.23. The van der Waals surface area contributed by atoms with Crippen molar-refractivity contribution in [3.05, 3.63) is 113 Å². The molecule has 0 bridgehead atoms. The highest BCUT2D eigenvalue weighted by atomic mass is 32.1. The normalized spacial score (nSPS) is 11.5. The number of carbonyl (C=O) groups is 2. The molecule has 1 heterocycles. The number of ether oxygens (including phenoxy) is 1. The molecular formula is C26H22N2O3S. The molecule has 0 aliphatic heterocycles. The fourth-order valence-electron chi connectivity index (χ4n) is 3.21. The van der Waals surface area contributed by atoms with E-state index in [9.17, 15) is 9.59 Å². The highest BCUT2D eigenvalue weighted by molar-refractivity contribution is 7.13. The van der Waals surface area contributed by atoms with Crippen molar-refractivity contribution in [2.24, 2.45) is 0 Å². The number of hydrogen-bond donors (Lipinski definition) is 1. The molecule has 1 N–H and O–H groups in total. The van der Waals surface area contributed by atoms with Crippen molar-refractivity contribution in [2.75, 3.05) is 0 Å². The van der Waals surface area contributed by atoms with Crippen LogP contribution >= 0.6 is 11.3 Å². The third kappa shape index (κ3) is 5.68. The van der Waals surface area contributed by atoms with Gasteiger partial charge in [0.1, 0.15) is 17.7 Å². The maximum absolute atomic E-state index is 12.9. The maximum atomic E-state index is 12.9. The lowest BCUT2D eigenvalue weighted by Crippen LogP contribution is -2.43. The summed E-state index contributed by atoms with van der Waals surface area (Å²) in [6, 6.07) is 27.4. The second-order valence-electron chi connectivity index (χ2n) is 7.20. The summed E-state index contributed by atoms with van der Waals surface area (Å²) in [5.74, 6) is -0.809. The van der Waals surface area contributed by atoms with Crippen molar-refractivity contribution in [3.63, 3.8) is 0 Å². The molecule has 6 heteroatoms. The molecule has 0 saturated heterocycles. The van der Waals surface area contributed by atoms with Gasteiger partial charge in [-0.05, 0) is 17.7 Å². The maximum Gasteiger partial charge on any atom is 0.329 e. The Hall–Kier alpha value is -3.77. The third-order valence-corrected chi connectivity index (χ3v) is 5.78. The molecule has 0 radical (unpaired) electrons. The largest absolute Gasteiger partial charge is 0.458 e. The molecule has 1 atom stereocenters. The number of hydrogen-bond acceptors (Lipinski definition) is 5. The summed E-state index contributed by atoms with van der Waals surface area (Å²) in [6.45, 7) is 0.0503. The summed E-state index contributed by atoms with van der Waals surface area (Å²) in [5.41, 5.74) is 3.12. The van der Waals surface area contributed by atoms with Crippen molar-refractivity contribution in [1.29, 1.82) is 0 Å². The van der Waals surface area contributed by atoms with Crippen LogP contribution in [0.5, 0.6) is 0 Å². The number of nitrogens with zero attached hydrogens (tertiary/aromatic N) is 1. The van der Waals surface area contributed by atoms with Crippen LogP contribution in [0.3, 0.4) is 0 Å². The van der Waals surface area contributed by atoms with Crippen LogP contribution in [0.2, 0.25) is 0 Å². The number of esters is 1. The first-order chi connectivity index (χ1) is 15.7. The number of thiazole rings is 1. The second-order valence-corrected chi connectivity index (χ2v) is 8.06. The third-order valence-electron chi connectivity index (χ3n) is 4.84. The lowest BCUT2D eigenvalue weighted by Gasteiger charge is -2.18. The van der Waals surface area contributed by atoms with Gasteiger partial charge in [0.15, 0.2) is 0 Å². The molecule has 0 saturated carbocycles. The van der Waals surface area contributed by atoms with Gasteiger partial charge in [-0.3, -0.25) is 4.79 Å². The smallest absolute Gasteiger partial charge is 0.329 e. The first-order valence-electron chi connectivity index (χ1n) is 10.3. The van der Waals surface area contributed by atoms with E-state index in [0.29, 0.717) is 17.7 Å². The Kier molecular flexibility index (Phi) is 7.05. The van der Waals surface area contributed by atoms with E-state index in [2.05, 4.69) is 10.3 Å². The standard InChI is InChI=1S/C26H22N2O3S/c29-24(20-12-6-2-7-13-20)28-23(16-19-10-4-1-5-11-19)26(30)31-17-22-18-32-25(27-22)21-14-8-3-9-15-21/h1-15,18,23H,16-17H2,(H,28,29). The lowest BCUT2D eigenvalue weighted by atomic mass is 10.1. The number of benzene rings is 3. The molecule has 0 spiro atoms. The predicted octanol–water partition coefficient (Wildman–Crippen LogP) is 4.89. The molecule has 0 aliphatic rings. The Bertz CT molecular complexity index is 1160. The topological polar surface area (TPSA) is 68.3 Å². The van der Waals surface area contributed by atoms with Gasteiger partial charge in [0.25, 0.3) is 5.91 Å². The molecule has 160 valence electrons. The van der Waals surface area contributed by atoms with Crippen LogP contribution in [0.1, 0.15) is 21.6 Å². The molecule has 5 nitrogen and oxygen atoms in total. The van der Waals surface area contributed by atoms with Crippen LogP contribution in [0, 0.1) is 0 Å². The van der Waals surface area contributed by atoms with E-state index in [1.165, 1.54) is 11.3 Å². The molecule has 32 heavy (non-hydrogen) atoms. The van der Waals surface area contributed by atoms with Gasteiger partial charge in [0.05, 0.1) is 5.69 Å². The molecule has 1 amide bonds. The van der Waals surface area contributed by atoms with Gasteiger partial charge >= 0.3 is 5.97 Å². The van der Waals surface area contributed by atoms with Gasteiger partial charge in [-0.1, -0.05) is 78.9 Å². The minimum atomic E-state index is -0.808. The van der Waals surface area contributed by atoms with E-state index >= 15 is 0 Å². The Balaban J connectivity index is 1.43. The van der Waals surface area contributed by atoms with Crippen molar-refractivity contribution in [2.45, 2.75) is 19.1 Å². The van der Waals surface area contributed by atoms with E-state index in [4.69, 9.17) is 4.74 Å². The van der Waals surface area contributed by atoms with Gasteiger partial charge in [0, 0.05) is 22.9 Å². The Morgan fingerprint density at radius 1 is 0.875 bits per heavy atom. The first-order valence-corrected chi connectivity index (χ1v) is 11.1. The summed E-state index contributed by atoms with van der Waals surface area (Å²) in [6.07, 6.45) is 0.338. The zero-order valence-corrected chi connectivity index (χ0v) is 18.1. The Labute approximate surface area is 190 Å². The molecule has 1 unspecified atom stereocenters. The van der Waals surface area contributed by atoms with Crippen molar-refractivity contribution in [1.82, 2.24) is 10.3 Å². The van der Waals surface area contributed by atoms with E-state index in [1.807, 2.05) is 72.1 Å². The number of carbonyl (C=O) groups excluding carboxylic acids is 2. The van der Waals surface area contributed by atoms with Gasteiger partial charge in [-0.25, -0.2) is 9.78 Å². The lowest BCUT2D eigenvalue weighted by molar-refractivity contribution is -0.147. The summed E-state index contributed by atoms with van der Waals surface area (Å²) in [5, 5.41) is 5.57. The highest BCUT2D eigenvalue weighted by Gasteiger charge is 2.24. The average molecular weight is 443 g/mol. The van der Waals surface area contributed by atoms with E-state index in [-0.39, 0.29) is 12.5 Å². The van der Waals surface area contributed by atoms with Crippen LogP contribution in [0.4, 0.5) is 0 Å². The molecule has 4 rings (SSSR count). The molecule has 3 aromatic carbocycles. The monoisotopic (exact) mass is 442 g/mol. The summed E-state index contributed by atoms with van der Waals surface area (Å²) >= 11 is 1.50. The summed E-state index contributed by atoms with van der Waals surface area (Å²) in [4.78, 5) is 30.1. The molecule has 0 aliphatic carbocycles. The van der Waals surface area contributed by atoms with Gasteiger partial charge in [-0.2, -0.15) is 0 Å². The molecular weight excluding hydrogens is 420 g/mol. The SMILES string of the molecule is O=C(NC(Cc1ccccc1)C(=O)OCc1csc(-c2ccccc2)n1)c1ccccc1.